The van der Waals surface area contributed by atoms with Gasteiger partial charge in [-0.2, -0.15) is 10.5 Å². The molecule has 0 aliphatic heterocycles. The second-order valence-corrected chi connectivity index (χ2v) is 7.41. The van der Waals surface area contributed by atoms with Gasteiger partial charge in [-0.15, -0.1) is 0 Å². The summed E-state index contributed by atoms with van der Waals surface area (Å²) in [4.78, 5) is 0.0550. The van der Waals surface area contributed by atoms with Crippen molar-refractivity contribution in [2.75, 3.05) is 13.2 Å². The second-order valence-electron chi connectivity index (χ2n) is 5.65. The Morgan fingerprint density at radius 2 is 1.85 bits per heavy atom. The lowest BCUT2D eigenvalue weighted by Crippen LogP contribution is -2.34. The zero-order valence-electron chi connectivity index (χ0n) is 14.2. The maximum atomic E-state index is 13.5. The Labute approximate surface area is 156 Å². The number of sulfonamides is 1. The van der Waals surface area contributed by atoms with Gasteiger partial charge in [0.1, 0.15) is 24.2 Å². The van der Waals surface area contributed by atoms with E-state index in [9.17, 15) is 12.8 Å². The highest BCUT2D eigenvalue weighted by Crippen LogP contribution is 2.16. The van der Waals surface area contributed by atoms with Crippen LogP contribution in [0, 0.1) is 28.5 Å². The van der Waals surface area contributed by atoms with E-state index in [4.69, 9.17) is 21.0 Å². The summed E-state index contributed by atoms with van der Waals surface area (Å²) in [6.07, 6.45) is 0.300. The van der Waals surface area contributed by atoms with Gasteiger partial charge in [0.05, 0.1) is 22.1 Å². The van der Waals surface area contributed by atoms with Gasteiger partial charge in [-0.3, -0.25) is 0 Å². The molecule has 0 saturated heterocycles. The summed E-state index contributed by atoms with van der Waals surface area (Å²) in [5.74, 6) is -0.445. The lowest BCUT2D eigenvalue weighted by Gasteiger charge is -2.14. The van der Waals surface area contributed by atoms with E-state index in [2.05, 4.69) is 4.72 Å². The maximum absolute atomic E-state index is 13.5. The molecule has 0 amide bonds. The fourth-order valence-electron chi connectivity index (χ4n) is 2.13. The van der Waals surface area contributed by atoms with E-state index < -0.39 is 21.9 Å². The van der Waals surface area contributed by atoms with E-state index in [1.807, 2.05) is 6.07 Å². The number of hydrogen-bond acceptors (Lipinski definition) is 6. The molecule has 7 nitrogen and oxygen atoms in total. The minimum atomic E-state index is -3.70. The molecular formula is C18H17FN4O3S. The van der Waals surface area contributed by atoms with Crippen LogP contribution in [0.15, 0.2) is 47.4 Å². The first-order valence-electron chi connectivity index (χ1n) is 7.93. The molecule has 0 bridgehead atoms. The molecular weight excluding hydrogens is 371 g/mol. The zero-order chi connectivity index (χ0) is 19.9. The average molecular weight is 388 g/mol. The Morgan fingerprint density at radius 3 is 2.44 bits per heavy atom. The standard InChI is InChI=1S/C18H17FN4O3S/c19-18-9-16(4-3-14(18)11-21)26-12-15(22)7-8-23-27(24,25)17-5-1-13(10-20)2-6-17/h1-6,9,15,23H,7-8,12,22H2/t15-/m0/s1. The van der Waals surface area contributed by atoms with Crippen LogP contribution in [-0.2, 0) is 10.0 Å². The van der Waals surface area contributed by atoms with Gasteiger partial charge < -0.3 is 10.5 Å². The highest BCUT2D eigenvalue weighted by Gasteiger charge is 2.14. The van der Waals surface area contributed by atoms with Crippen molar-refractivity contribution < 1.29 is 17.5 Å². The van der Waals surface area contributed by atoms with E-state index in [0.717, 1.165) is 6.07 Å². The molecule has 0 fully saturated rings. The Hall–Kier alpha value is -2.98. The molecule has 0 unspecified atom stereocenters. The number of ether oxygens (including phenoxy) is 1. The van der Waals surface area contributed by atoms with Crippen molar-refractivity contribution >= 4 is 10.0 Å². The largest absolute Gasteiger partial charge is 0.492 e. The van der Waals surface area contributed by atoms with E-state index >= 15 is 0 Å². The second kappa shape index (κ2) is 9.10. The fraction of sp³-hybridized carbons (Fsp3) is 0.222. The molecule has 2 rings (SSSR count). The van der Waals surface area contributed by atoms with Crippen LogP contribution in [0.4, 0.5) is 4.39 Å². The van der Waals surface area contributed by atoms with E-state index in [1.54, 1.807) is 6.07 Å². The van der Waals surface area contributed by atoms with Gasteiger partial charge in [0.2, 0.25) is 10.0 Å². The molecule has 0 saturated carbocycles. The Kier molecular flexibility index (Phi) is 6.85. The maximum Gasteiger partial charge on any atom is 0.240 e. The van der Waals surface area contributed by atoms with Crippen LogP contribution in [0.3, 0.4) is 0 Å². The smallest absolute Gasteiger partial charge is 0.240 e. The van der Waals surface area contributed by atoms with Crippen LogP contribution < -0.4 is 15.2 Å². The third kappa shape index (κ3) is 5.76. The van der Waals surface area contributed by atoms with Crippen LogP contribution in [0.25, 0.3) is 0 Å². The Morgan fingerprint density at radius 1 is 1.15 bits per heavy atom. The molecule has 9 heteroatoms. The van der Waals surface area contributed by atoms with Gasteiger partial charge in [0, 0.05) is 18.7 Å². The van der Waals surface area contributed by atoms with Gasteiger partial charge in [0.15, 0.2) is 0 Å². The van der Waals surface area contributed by atoms with Crippen LogP contribution in [-0.4, -0.2) is 27.6 Å². The molecule has 140 valence electrons. The number of nitrogens with one attached hydrogen (secondary N) is 1. The molecule has 1 atom stereocenters. The van der Waals surface area contributed by atoms with Crippen molar-refractivity contribution in [3.05, 3.63) is 59.4 Å². The van der Waals surface area contributed by atoms with Gasteiger partial charge in [-0.25, -0.2) is 17.5 Å². The first kappa shape index (κ1) is 20.3. The zero-order valence-corrected chi connectivity index (χ0v) is 15.0. The number of benzene rings is 2. The molecule has 0 radical (unpaired) electrons. The third-order valence-electron chi connectivity index (χ3n) is 3.63. The monoisotopic (exact) mass is 388 g/mol. The quantitative estimate of drug-likeness (QED) is 0.707. The van der Waals surface area contributed by atoms with Crippen LogP contribution in [0.2, 0.25) is 0 Å². The van der Waals surface area contributed by atoms with Crippen LogP contribution in [0.5, 0.6) is 5.75 Å². The van der Waals surface area contributed by atoms with Crippen molar-refractivity contribution in [1.82, 2.24) is 4.72 Å². The molecule has 27 heavy (non-hydrogen) atoms. The summed E-state index contributed by atoms with van der Waals surface area (Å²) >= 11 is 0. The minimum Gasteiger partial charge on any atom is -0.492 e. The van der Waals surface area contributed by atoms with E-state index in [1.165, 1.54) is 36.4 Å². The third-order valence-corrected chi connectivity index (χ3v) is 5.10. The van der Waals surface area contributed by atoms with Gasteiger partial charge in [-0.1, -0.05) is 0 Å². The molecule has 0 aliphatic rings. The summed E-state index contributed by atoms with van der Waals surface area (Å²) in [5.41, 5.74) is 6.17. The highest BCUT2D eigenvalue weighted by molar-refractivity contribution is 7.89. The lowest BCUT2D eigenvalue weighted by atomic mass is 10.2. The number of nitriles is 2. The molecule has 0 heterocycles. The predicted octanol–water partition coefficient (Wildman–Crippen LogP) is 1.64. The van der Waals surface area contributed by atoms with Crippen molar-refractivity contribution in [3.63, 3.8) is 0 Å². The summed E-state index contributed by atoms with van der Waals surface area (Å²) in [5, 5.41) is 17.4. The number of nitrogens with zero attached hydrogens (tertiary/aromatic N) is 2. The van der Waals surface area contributed by atoms with E-state index in [-0.39, 0.29) is 29.4 Å². The van der Waals surface area contributed by atoms with Crippen LogP contribution >= 0.6 is 0 Å². The van der Waals surface area contributed by atoms with Crippen LogP contribution in [0.1, 0.15) is 17.5 Å². The first-order valence-corrected chi connectivity index (χ1v) is 9.42. The highest BCUT2D eigenvalue weighted by atomic mass is 32.2. The summed E-state index contributed by atoms with van der Waals surface area (Å²) < 4.78 is 45.6. The van der Waals surface area contributed by atoms with Crippen molar-refractivity contribution in [3.8, 4) is 17.9 Å². The first-order chi connectivity index (χ1) is 12.9. The Balaban J connectivity index is 1.81. The minimum absolute atomic E-state index is 0.0550. The summed E-state index contributed by atoms with van der Waals surface area (Å²) in [7, 11) is -3.70. The number of nitrogens with two attached hydrogens (primary N) is 1. The van der Waals surface area contributed by atoms with Gasteiger partial charge >= 0.3 is 0 Å². The molecule has 2 aromatic carbocycles. The van der Waals surface area contributed by atoms with Gasteiger partial charge in [0.25, 0.3) is 0 Å². The van der Waals surface area contributed by atoms with Gasteiger partial charge in [-0.05, 0) is 42.8 Å². The fourth-order valence-corrected chi connectivity index (χ4v) is 3.18. The van der Waals surface area contributed by atoms with Crippen molar-refractivity contribution in [1.29, 1.82) is 10.5 Å². The number of rotatable bonds is 8. The summed E-state index contributed by atoms with van der Waals surface area (Å²) in [6, 6.07) is 12.6. The number of halogens is 1. The predicted molar refractivity (Wildman–Crippen MR) is 95.5 cm³/mol. The molecule has 0 aromatic heterocycles. The topological polar surface area (TPSA) is 129 Å². The molecule has 0 aliphatic carbocycles. The summed E-state index contributed by atoms with van der Waals surface area (Å²) in [6.45, 7) is 0.151. The SMILES string of the molecule is N#Cc1ccc(S(=O)(=O)NCC[C@H](N)COc2ccc(C#N)c(F)c2)cc1. The number of hydrogen-bond donors (Lipinski definition) is 2. The van der Waals surface area contributed by atoms with Crippen molar-refractivity contribution in [2.45, 2.75) is 17.4 Å². The van der Waals surface area contributed by atoms with Crippen molar-refractivity contribution in [2.24, 2.45) is 5.73 Å². The normalized spacial score (nSPS) is 12.0. The molecule has 2 aromatic rings. The Bertz CT molecular complexity index is 979. The molecule has 0 spiro atoms. The lowest BCUT2D eigenvalue weighted by molar-refractivity contribution is 0.281. The average Bonchev–Trinajstić information content (AvgIpc) is 2.66. The van der Waals surface area contributed by atoms with E-state index in [0.29, 0.717) is 12.0 Å². The molecule has 3 N–H and O–H groups in total.